The van der Waals surface area contributed by atoms with Gasteiger partial charge in [-0.15, -0.1) is 0 Å². The molecule has 4 nitrogen and oxygen atoms in total. The van der Waals surface area contributed by atoms with Gasteiger partial charge in [-0.1, -0.05) is 30.3 Å². The first-order chi connectivity index (χ1) is 9.74. The van der Waals surface area contributed by atoms with Gasteiger partial charge in [0.25, 0.3) is 0 Å². The summed E-state index contributed by atoms with van der Waals surface area (Å²) < 4.78 is 15.8. The van der Waals surface area contributed by atoms with Crippen LogP contribution in [-0.2, 0) is 0 Å². The van der Waals surface area contributed by atoms with E-state index < -0.39 is 12.3 Å². The summed E-state index contributed by atoms with van der Waals surface area (Å²) in [6.45, 7) is 0. The van der Waals surface area contributed by atoms with Crippen LogP contribution in [0.1, 0.15) is 54.8 Å². The predicted octanol–water partition coefficient (Wildman–Crippen LogP) is 2.73. The van der Waals surface area contributed by atoms with Crippen molar-refractivity contribution in [2.24, 2.45) is 5.92 Å². The number of rotatable bonds is 3. The van der Waals surface area contributed by atoms with Gasteiger partial charge in [-0.25, -0.2) is 14.1 Å². The molecular weight excluding hydrogens is 257 g/mol. The highest BCUT2D eigenvalue weighted by molar-refractivity contribution is 5.23. The van der Waals surface area contributed by atoms with E-state index in [4.69, 9.17) is 0 Å². The monoisotopic (exact) mass is 273 g/mol. The van der Waals surface area contributed by atoms with Crippen molar-refractivity contribution in [2.75, 3.05) is 0 Å². The lowest BCUT2D eigenvalue weighted by Crippen LogP contribution is -2.09. The van der Waals surface area contributed by atoms with Crippen LogP contribution in [0, 0.1) is 5.92 Å². The highest BCUT2D eigenvalue weighted by Gasteiger charge is 2.39. The number of aliphatic hydroxyl groups is 1. The molecule has 104 valence electrons. The SMILES string of the molecule is O[C@@H](c1nc2n(n1)[C@H](c1ccccc1)C[C@@H]2F)C1CC1. The molecule has 5 heteroatoms. The highest BCUT2D eigenvalue weighted by Crippen LogP contribution is 2.43. The first-order valence-electron chi connectivity index (χ1n) is 7.07. The van der Waals surface area contributed by atoms with Crippen LogP contribution in [0.2, 0.25) is 0 Å². The Morgan fingerprint density at radius 1 is 1.25 bits per heavy atom. The Balaban J connectivity index is 1.71. The molecule has 1 saturated carbocycles. The fourth-order valence-corrected chi connectivity index (χ4v) is 2.90. The maximum absolute atomic E-state index is 14.1. The topological polar surface area (TPSA) is 50.9 Å². The predicted molar refractivity (Wildman–Crippen MR) is 70.8 cm³/mol. The molecule has 0 bridgehead atoms. The molecule has 1 aliphatic carbocycles. The maximum Gasteiger partial charge on any atom is 0.179 e. The minimum absolute atomic E-state index is 0.117. The zero-order valence-electron chi connectivity index (χ0n) is 11.0. The molecule has 0 saturated heterocycles. The van der Waals surface area contributed by atoms with Crippen molar-refractivity contribution < 1.29 is 9.50 Å². The maximum atomic E-state index is 14.1. The second kappa shape index (κ2) is 4.38. The van der Waals surface area contributed by atoms with Crippen LogP contribution in [-0.4, -0.2) is 19.9 Å². The Labute approximate surface area is 116 Å². The minimum Gasteiger partial charge on any atom is -0.385 e. The number of alkyl halides is 1. The summed E-state index contributed by atoms with van der Waals surface area (Å²) in [6, 6.07) is 9.66. The Hall–Kier alpha value is -1.75. The molecule has 1 aliphatic heterocycles. The van der Waals surface area contributed by atoms with E-state index in [9.17, 15) is 9.50 Å². The van der Waals surface area contributed by atoms with Gasteiger partial charge in [0.05, 0.1) is 6.04 Å². The number of hydrogen-bond donors (Lipinski definition) is 1. The Kier molecular flexibility index (Phi) is 2.63. The van der Waals surface area contributed by atoms with E-state index in [0.717, 1.165) is 18.4 Å². The van der Waals surface area contributed by atoms with E-state index in [-0.39, 0.29) is 12.0 Å². The smallest absolute Gasteiger partial charge is 0.179 e. The Morgan fingerprint density at radius 3 is 2.70 bits per heavy atom. The number of aromatic nitrogens is 3. The average molecular weight is 273 g/mol. The van der Waals surface area contributed by atoms with Crippen molar-refractivity contribution in [1.29, 1.82) is 0 Å². The number of fused-ring (bicyclic) bond motifs is 1. The molecule has 1 N–H and O–H groups in total. The van der Waals surface area contributed by atoms with Crippen molar-refractivity contribution >= 4 is 0 Å². The zero-order chi connectivity index (χ0) is 13.7. The molecule has 0 spiro atoms. The molecular formula is C15H16FN3O. The summed E-state index contributed by atoms with van der Waals surface area (Å²) in [7, 11) is 0. The van der Waals surface area contributed by atoms with E-state index in [0.29, 0.717) is 18.1 Å². The number of aliphatic hydroxyl groups excluding tert-OH is 1. The van der Waals surface area contributed by atoms with E-state index in [1.165, 1.54) is 0 Å². The van der Waals surface area contributed by atoms with Crippen LogP contribution in [0.5, 0.6) is 0 Å². The fraction of sp³-hybridized carbons (Fsp3) is 0.467. The van der Waals surface area contributed by atoms with Crippen LogP contribution in [0.4, 0.5) is 4.39 Å². The van der Waals surface area contributed by atoms with Crippen LogP contribution in [0.15, 0.2) is 30.3 Å². The summed E-state index contributed by atoms with van der Waals surface area (Å²) in [4.78, 5) is 4.24. The van der Waals surface area contributed by atoms with Crippen LogP contribution in [0.3, 0.4) is 0 Å². The molecule has 2 aliphatic rings. The second-order valence-electron chi connectivity index (χ2n) is 5.68. The van der Waals surface area contributed by atoms with Crippen molar-refractivity contribution in [2.45, 2.75) is 37.6 Å². The minimum atomic E-state index is -1.10. The third-order valence-electron chi connectivity index (χ3n) is 4.20. The van der Waals surface area contributed by atoms with E-state index in [2.05, 4.69) is 10.1 Å². The molecule has 2 aromatic rings. The lowest BCUT2D eigenvalue weighted by molar-refractivity contribution is 0.143. The number of benzene rings is 1. The molecule has 2 heterocycles. The van der Waals surface area contributed by atoms with Crippen LogP contribution >= 0.6 is 0 Å². The van der Waals surface area contributed by atoms with Crippen molar-refractivity contribution in [3.63, 3.8) is 0 Å². The van der Waals surface area contributed by atoms with Crippen LogP contribution < -0.4 is 0 Å². The van der Waals surface area contributed by atoms with Gasteiger partial charge in [0, 0.05) is 6.42 Å². The van der Waals surface area contributed by atoms with Gasteiger partial charge in [-0.05, 0) is 24.3 Å². The lowest BCUT2D eigenvalue weighted by Gasteiger charge is -2.12. The van der Waals surface area contributed by atoms with Crippen molar-refractivity contribution in [3.05, 3.63) is 47.5 Å². The van der Waals surface area contributed by atoms with E-state index >= 15 is 0 Å². The van der Waals surface area contributed by atoms with Gasteiger partial charge in [-0.3, -0.25) is 0 Å². The Bertz CT molecular complexity index is 623. The normalized spacial score (nSPS) is 26.5. The Morgan fingerprint density at radius 2 is 2.00 bits per heavy atom. The average Bonchev–Trinajstić information content (AvgIpc) is 3.15. The molecule has 3 atom stereocenters. The summed E-state index contributed by atoms with van der Waals surface area (Å²) in [5.74, 6) is 0.991. The summed E-state index contributed by atoms with van der Waals surface area (Å²) >= 11 is 0. The van der Waals surface area contributed by atoms with Gasteiger partial charge in [-0.2, -0.15) is 5.10 Å². The third-order valence-corrected chi connectivity index (χ3v) is 4.20. The molecule has 0 unspecified atom stereocenters. The van der Waals surface area contributed by atoms with Crippen molar-refractivity contribution in [3.8, 4) is 0 Å². The largest absolute Gasteiger partial charge is 0.385 e. The molecule has 20 heavy (non-hydrogen) atoms. The van der Waals surface area contributed by atoms with E-state index in [1.54, 1.807) is 4.68 Å². The summed E-state index contributed by atoms with van der Waals surface area (Å²) in [6.07, 6.45) is 0.641. The molecule has 1 aromatic heterocycles. The lowest BCUT2D eigenvalue weighted by atomic mass is 10.0. The molecule has 0 amide bonds. The van der Waals surface area contributed by atoms with Gasteiger partial charge < -0.3 is 5.11 Å². The van der Waals surface area contributed by atoms with Crippen molar-refractivity contribution in [1.82, 2.24) is 14.8 Å². The van der Waals surface area contributed by atoms with E-state index in [1.807, 2.05) is 30.3 Å². The standard InChI is InChI=1S/C15H16FN3O/c16-11-8-12(9-4-2-1-3-5-9)19-15(11)17-14(18-19)13(20)10-6-7-10/h1-5,10-13,20H,6-8H2/t11-,12-,13+/m0/s1. The zero-order valence-corrected chi connectivity index (χ0v) is 11.0. The second-order valence-corrected chi connectivity index (χ2v) is 5.68. The molecule has 1 fully saturated rings. The molecule has 1 aromatic carbocycles. The number of nitrogens with zero attached hydrogens (tertiary/aromatic N) is 3. The number of hydrogen-bond acceptors (Lipinski definition) is 3. The summed E-state index contributed by atoms with van der Waals surface area (Å²) in [5, 5.41) is 14.5. The first-order valence-corrected chi connectivity index (χ1v) is 7.07. The highest BCUT2D eigenvalue weighted by atomic mass is 19.1. The van der Waals surface area contributed by atoms with Gasteiger partial charge in [0.2, 0.25) is 0 Å². The quantitative estimate of drug-likeness (QED) is 0.935. The summed E-state index contributed by atoms with van der Waals surface area (Å²) in [5.41, 5.74) is 1.03. The van der Waals surface area contributed by atoms with Crippen LogP contribution in [0.25, 0.3) is 0 Å². The van der Waals surface area contributed by atoms with Gasteiger partial charge in [0.1, 0.15) is 6.10 Å². The number of halogens is 1. The first kappa shape index (κ1) is 12.0. The molecule has 0 radical (unpaired) electrons. The van der Waals surface area contributed by atoms with Gasteiger partial charge >= 0.3 is 0 Å². The molecule has 4 rings (SSSR count). The fourth-order valence-electron chi connectivity index (χ4n) is 2.90. The van der Waals surface area contributed by atoms with Gasteiger partial charge in [0.15, 0.2) is 17.8 Å². The third kappa shape index (κ3) is 1.85.